The van der Waals surface area contributed by atoms with E-state index in [4.69, 9.17) is 4.74 Å². The molecule has 1 fully saturated rings. The predicted octanol–water partition coefficient (Wildman–Crippen LogP) is 8.54. The minimum absolute atomic E-state index is 0.0192. The summed E-state index contributed by atoms with van der Waals surface area (Å²) in [5.74, 6) is 1.54. The van der Waals surface area contributed by atoms with Gasteiger partial charge in [0.2, 0.25) is 5.91 Å². The van der Waals surface area contributed by atoms with Gasteiger partial charge in [-0.05, 0) is 78.4 Å². The monoisotopic (exact) mass is 736 g/mol. The maximum atomic E-state index is 12.1. The number of nitrogens with one attached hydrogen (secondary N) is 1. The van der Waals surface area contributed by atoms with Crippen LogP contribution in [0.15, 0.2) is 72.8 Å². The molecule has 38 heavy (non-hydrogen) atoms. The molecule has 0 spiro atoms. The molecule has 3 aromatic carbocycles. The number of hydrogen-bond acceptors (Lipinski definition) is 3. The van der Waals surface area contributed by atoms with Gasteiger partial charge in [-0.1, -0.05) is 108 Å². The highest BCUT2D eigenvalue weighted by Gasteiger charge is 2.23. The van der Waals surface area contributed by atoms with Gasteiger partial charge >= 0.3 is 0 Å². The molecule has 0 unspecified atom stereocenters. The molecule has 1 aliphatic rings. The number of rotatable bonds is 11. The highest BCUT2D eigenvalue weighted by Crippen LogP contribution is 2.32. The first-order chi connectivity index (χ1) is 18.5. The van der Waals surface area contributed by atoms with Crippen LogP contribution in [0.1, 0.15) is 67.4 Å². The Morgan fingerprint density at radius 3 is 2.37 bits per heavy atom. The van der Waals surface area contributed by atoms with Crippen molar-refractivity contribution in [3.05, 3.63) is 95.1 Å². The molecule has 202 valence electrons. The Labute approximate surface area is 255 Å². The molecule has 1 atom stereocenters. The molecule has 6 heteroatoms. The standard InChI is InChI=1S/C32H38I2N2O2/c1-23(2)32(37)35-29-10-6-9-26(19-29)24-13-16-36(17-14-24)18-15-31(25-7-4-3-5-8-25)38-30-12-11-27(21-33)28(20-30)22-34/h3-12,19-20,23-24,31H,13-18,21-22H2,1-2H3,(H,35,37)/t31-/m0/s1. The summed E-state index contributed by atoms with van der Waals surface area (Å²) in [6.07, 6.45) is 3.26. The van der Waals surface area contributed by atoms with Gasteiger partial charge in [0.25, 0.3) is 0 Å². The van der Waals surface area contributed by atoms with E-state index in [1.54, 1.807) is 0 Å². The van der Waals surface area contributed by atoms with Crippen molar-refractivity contribution in [2.75, 3.05) is 25.0 Å². The van der Waals surface area contributed by atoms with Crippen LogP contribution in [-0.4, -0.2) is 30.4 Å². The Kier molecular flexibility index (Phi) is 11.3. The number of ether oxygens (including phenoxy) is 1. The number of piperidine rings is 1. The Morgan fingerprint density at radius 2 is 1.68 bits per heavy atom. The minimum atomic E-state index is -0.0192. The van der Waals surface area contributed by atoms with Crippen LogP contribution in [0.25, 0.3) is 0 Å². The average Bonchev–Trinajstić information content (AvgIpc) is 2.96. The third-order valence-corrected chi connectivity index (χ3v) is 9.00. The summed E-state index contributed by atoms with van der Waals surface area (Å²) in [6, 6.07) is 25.6. The maximum absolute atomic E-state index is 12.1. The summed E-state index contributed by atoms with van der Waals surface area (Å²) in [5.41, 5.74) is 6.22. The number of benzene rings is 3. The average molecular weight is 736 g/mol. The predicted molar refractivity (Wildman–Crippen MR) is 175 cm³/mol. The zero-order valence-corrected chi connectivity index (χ0v) is 26.7. The summed E-state index contributed by atoms with van der Waals surface area (Å²) < 4.78 is 8.63. The normalized spacial score (nSPS) is 15.4. The fourth-order valence-corrected chi connectivity index (χ4v) is 6.46. The van der Waals surface area contributed by atoms with Gasteiger partial charge in [0.05, 0.1) is 0 Å². The molecular weight excluding hydrogens is 698 g/mol. The lowest BCUT2D eigenvalue weighted by molar-refractivity contribution is -0.118. The number of likely N-dealkylation sites (tertiary alicyclic amines) is 1. The molecule has 1 saturated heterocycles. The first kappa shape index (κ1) is 29.3. The highest BCUT2D eigenvalue weighted by molar-refractivity contribution is 14.1. The van der Waals surface area contributed by atoms with Crippen LogP contribution in [0.5, 0.6) is 5.75 Å². The zero-order valence-electron chi connectivity index (χ0n) is 22.3. The maximum Gasteiger partial charge on any atom is 0.226 e. The summed E-state index contributed by atoms with van der Waals surface area (Å²) in [7, 11) is 0. The Morgan fingerprint density at radius 1 is 0.947 bits per heavy atom. The molecule has 1 amide bonds. The first-order valence-electron chi connectivity index (χ1n) is 13.5. The van der Waals surface area contributed by atoms with Crippen LogP contribution in [0, 0.1) is 5.92 Å². The summed E-state index contributed by atoms with van der Waals surface area (Å²) in [4.78, 5) is 14.7. The highest BCUT2D eigenvalue weighted by atomic mass is 127. The fraction of sp³-hybridized carbons (Fsp3) is 0.406. The second kappa shape index (κ2) is 14.7. The SMILES string of the molecule is CC(C)C(=O)Nc1cccc(C2CCN(CC[C@H](Oc3ccc(CI)c(CI)c3)c3ccccc3)CC2)c1. The van der Waals surface area contributed by atoms with Crippen molar-refractivity contribution < 1.29 is 9.53 Å². The number of amides is 1. The largest absolute Gasteiger partial charge is 0.486 e. The van der Waals surface area contributed by atoms with Crippen LogP contribution in [0.2, 0.25) is 0 Å². The molecule has 4 rings (SSSR count). The molecule has 0 aliphatic carbocycles. The lowest BCUT2D eigenvalue weighted by Crippen LogP contribution is -2.34. The number of carbonyl (C=O) groups excluding carboxylic acids is 1. The van der Waals surface area contributed by atoms with Gasteiger partial charge in [-0.15, -0.1) is 0 Å². The Hall–Kier alpha value is -1.65. The van der Waals surface area contributed by atoms with Crippen molar-refractivity contribution in [2.45, 2.75) is 54.0 Å². The van der Waals surface area contributed by atoms with Gasteiger partial charge in [0.15, 0.2) is 0 Å². The van der Waals surface area contributed by atoms with E-state index in [1.807, 2.05) is 19.9 Å². The molecule has 0 saturated carbocycles. The van der Waals surface area contributed by atoms with E-state index in [-0.39, 0.29) is 17.9 Å². The quantitative estimate of drug-likeness (QED) is 0.159. The number of alkyl halides is 2. The Balaban J connectivity index is 1.35. The van der Waals surface area contributed by atoms with E-state index in [9.17, 15) is 4.79 Å². The molecule has 0 radical (unpaired) electrons. The van der Waals surface area contributed by atoms with Gasteiger partial charge in [-0.3, -0.25) is 4.79 Å². The molecule has 0 aromatic heterocycles. The van der Waals surface area contributed by atoms with Crippen LogP contribution >= 0.6 is 45.2 Å². The molecular formula is C32H38I2N2O2. The van der Waals surface area contributed by atoms with E-state index in [2.05, 4.69) is 122 Å². The van der Waals surface area contributed by atoms with Crippen molar-refractivity contribution in [3.63, 3.8) is 0 Å². The fourth-order valence-electron chi connectivity index (χ4n) is 5.00. The second-order valence-electron chi connectivity index (χ2n) is 10.4. The third-order valence-electron chi connectivity index (χ3n) is 7.36. The van der Waals surface area contributed by atoms with Crippen molar-refractivity contribution in [3.8, 4) is 5.75 Å². The molecule has 1 N–H and O–H groups in total. The second-order valence-corrected chi connectivity index (χ2v) is 11.9. The van der Waals surface area contributed by atoms with E-state index >= 15 is 0 Å². The summed E-state index contributed by atoms with van der Waals surface area (Å²) in [6.45, 7) is 7.02. The van der Waals surface area contributed by atoms with Gasteiger partial charge in [-0.25, -0.2) is 0 Å². The van der Waals surface area contributed by atoms with E-state index in [1.165, 1.54) is 22.3 Å². The van der Waals surface area contributed by atoms with Crippen LogP contribution in [0.4, 0.5) is 5.69 Å². The van der Waals surface area contributed by atoms with Gasteiger partial charge in [0, 0.05) is 33.4 Å². The molecule has 0 bridgehead atoms. The van der Waals surface area contributed by atoms with Crippen molar-refractivity contribution in [1.82, 2.24) is 4.90 Å². The number of carbonyl (C=O) groups is 1. The lowest BCUT2D eigenvalue weighted by Gasteiger charge is -2.33. The summed E-state index contributed by atoms with van der Waals surface area (Å²) in [5, 5.41) is 3.05. The number of nitrogens with zero attached hydrogens (tertiary/aromatic N) is 1. The van der Waals surface area contributed by atoms with E-state index < -0.39 is 0 Å². The summed E-state index contributed by atoms with van der Waals surface area (Å²) >= 11 is 4.87. The van der Waals surface area contributed by atoms with Crippen LogP contribution in [0.3, 0.4) is 0 Å². The lowest BCUT2D eigenvalue weighted by atomic mass is 9.89. The number of hydrogen-bond donors (Lipinski definition) is 1. The van der Waals surface area contributed by atoms with Crippen molar-refractivity contribution >= 4 is 56.8 Å². The van der Waals surface area contributed by atoms with Gasteiger partial charge < -0.3 is 15.0 Å². The van der Waals surface area contributed by atoms with Crippen molar-refractivity contribution in [2.24, 2.45) is 5.92 Å². The van der Waals surface area contributed by atoms with Gasteiger partial charge in [-0.2, -0.15) is 0 Å². The molecule has 1 aliphatic heterocycles. The smallest absolute Gasteiger partial charge is 0.226 e. The molecule has 3 aromatic rings. The Bertz CT molecular complexity index is 1180. The third kappa shape index (κ3) is 8.18. The van der Waals surface area contributed by atoms with E-state index in [0.29, 0.717) is 5.92 Å². The number of anilines is 1. The van der Waals surface area contributed by atoms with Crippen molar-refractivity contribution in [1.29, 1.82) is 0 Å². The minimum Gasteiger partial charge on any atom is -0.486 e. The van der Waals surface area contributed by atoms with Crippen LogP contribution < -0.4 is 10.1 Å². The topological polar surface area (TPSA) is 41.6 Å². The zero-order chi connectivity index (χ0) is 26.9. The van der Waals surface area contributed by atoms with Gasteiger partial charge in [0.1, 0.15) is 11.9 Å². The molecule has 4 nitrogen and oxygen atoms in total. The van der Waals surface area contributed by atoms with E-state index in [0.717, 1.165) is 59.2 Å². The van der Waals surface area contributed by atoms with Crippen LogP contribution in [-0.2, 0) is 13.6 Å². The molecule has 1 heterocycles. The number of halogens is 2. The first-order valence-corrected chi connectivity index (χ1v) is 16.6.